The maximum absolute atomic E-state index is 11.6. The summed E-state index contributed by atoms with van der Waals surface area (Å²) in [6.07, 6.45) is 17.0. The topological polar surface area (TPSA) is 34.1 Å². The zero-order chi connectivity index (χ0) is 19.7. The average Bonchev–Trinajstić information content (AvgIpc) is 2.58. The molecule has 0 N–H and O–H groups in total. The molecule has 0 aromatic heterocycles. The number of hydrogen-bond acceptors (Lipinski definition) is 3. The largest absolute Gasteiger partial charge is 1.00 e. The van der Waals surface area contributed by atoms with Gasteiger partial charge in [0.1, 0.15) is 0 Å². The molecule has 0 heterocycles. The number of quaternary nitrogens is 1. The molecule has 0 amide bonds. The van der Waals surface area contributed by atoms with Gasteiger partial charge in [0.25, 0.3) is 0 Å². The molecule has 0 aliphatic rings. The van der Waals surface area contributed by atoms with Crippen molar-refractivity contribution in [3.05, 3.63) is 0 Å². The van der Waals surface area contributed by atoms with Crippen LogP contribution in [0.2, 0.25) is 0 Å². The minimum absolute atomic E-state index is 0. The summed E-state index contributed by atoms with van der Waals surface area (Å²) in [5, 5.41) is 0. The Labute approximate surface area is 185 Å². The summed E-state index contributed by atoms with van der Waals surface area (Å²) in [4.78, 5) is 0. The monoisotopic (exact) mass is 487 g/mol. The average molecular weight is 489 g/mol. The predicted octanol–water partition coefficient (Wildman–Crippen LogP) is 3.24. The van der Waals surface area contributed by atoms with Crippen molar-refractivity contribution >= 4 is 19.7 Å². The number of nitrogens with zero attached hydrogens (tertiary/aromatic N) is 1. The highest BCUT2D eigenvalue weighted by Gasteiger charge is 2.26. The molecular weight excluding hydrogens is 442 g/mol. The van der Waals surface area contributed by atoms with Gasteiger partial charge in [-0.05, 0) is 49.3 Å². The Morgan fingerprint density at radius 1 is 0.630 bits per heavy atom. The summed E-state index contributed by atoms with van der Waals surface area (Å²) in [6.45, 7) is 11.5. The predicted molar refractivity (Wildman–Crippen MR) is 119 cm³/mol. The highest BCUT2D eigenvalue weighted by atomic mass is 79.9. The molecule has 0 saturated heterocycles. The van der Waals surface area contributed by atoms with Crippen molar-refractivity contribution in [1.82, 2.24) is 0 Å². The van der Waals surface area contributed by atoms with Gasteiger partial charge < -0.3 is 21.5 Å². The van der Waals surface area contributed by atoms with E-state index in [1.807, 2.05) is 0 Å². The molecule has 0 saturated carbocycles. The standard InChI is InChI=1S/C21H46NO2S2.BrH/c1-5-8-11-14-17-22(18-15-12-9-6-2,19-16-13-10-7-3)20-21-25-26(4,23)24;/h5-21H2,1-4H3;1H/q+1;/p-1. The molecule has 0 rings (SSSR count). The zero-order valence-electron chi connectivity index (χ0n) is 18.5. The van der Waals surface area contributed by atoms with Crippen LogP contribution < -0.4 is 17.0 Å². The summed E-state index contributed by atoms with van der Waals surface area (Å²) in [7, 11) is -1.78. The van der Waals surface area contributed by atoms with Crippen LogP contribution in [-0.4, -0.2) is 51.1 Å². The first kappa shape index (κ1) is 29.9. The summed E-state index contributed by atoms with van der Waals surface area (Å²) in [5.74, 6) is 0.744. The summed E-state index contributed by atoms with van der Waals surface area (Å²) >= 11 is 0. The molecule has 0 fully saturated rings. The summed E-state index contributed by atoms with van der Waals surface area (Å²) in [6, 6.07) is 0. The van der Waals surface area contributed by atoms with Gasteiger partial charge in [-0.3, -0.25) is 0 Å². The SMILES string of the molecule is CCCCCC[N+](CCCCCC)(CCCCCC)CCSS(C)(=O)=O.[Br-]. The Kier molecular flexibility index (Phi) is 20.8. The van der Waals surface area contributed by atoms with E-state index < -0.39 is 8.87 Å². The van der Waals surface area contributed by atoms with Gasteiger partial charge in [0, 0.05) is 6.26 Å². The Morgan fingerprint density at radius 3 is 1.30 bits per heavy atom. The first-order valence-corrected chi connectivity index (χ1v) is 14.5. The third-order valence-electron chi connectivity index (χ3n) is 5.32. The van der Waals surface area contributed by atoms with Gasteiger partial charge >= 0.3 is 0 Å². The Morgan fingerprint density at radius 2 is 1.00 bits per heavy atom. The fourth-order valence-corrected chi connectivity index (χ4v) is 5.57. The van der Waals surface area contributed by atoms with Gasteiger partial charge in [0.05, 0.1) is 31.9 Å². The number of rotatable bonds is 19. The molecule has 3 nitrogen and oxygen atoms in total. The van der Waals surface area contributed by atoms with Crippen molar-refractivity contribution in [2.45, 2.75) is 97.8 Å². The molecule has 0 aromatic carbocycles. The highest BCUT2D eigenvalue weighted by molar-refractivity contribution is 8.71. The molecule has 6 heteroatoms. The van der Waals surface area contributed by atoms with Crippen LogP contribution in [0.1, 0.15) is 97.8 Å². The number of unbranched alkanes of at least 4 members (excludes halogenated alkanes) is 9. The molecule has 0 unspecified atom stereocenters. The maximum atomic E-state index is 11.6. The molecule has 0 radical (unpaired) electrons. The van der Waals surface area contributed by atoms with Gasteiger partial charge in [-0.15, -0.1) is 0 Å². The Hall–Kier alpha value is 0.740. The second kappa shape index (κ2) is 18.7. The third kappa shape index (κ3) is 18.5. The van der Waals surface area contributed by atoms with E-state index in [4.69, 9.17) is 0 Å². The van der Waals surface area contributed by atoms with Crippen molar-refractivity contribution in [1.29, 1.82) is 0 Å². The Balaban J connectivity index is 0. The summed E-state index contributed by atoms with van der Waals surface area (Å²) < 4.78 is 24.3. The van der Waals surface area contributed by atoms with Crippen LogP contribution in [0.15, 0.2) is 0 Å². The molecule has 0 bridgehead atoms. The fourth-order valence-electron chi connectivity index (χ4n) is 3.68. The van der Waals surface area contributed by atoms with E-state index in [-0.39, 0.29) is 17.0 Å². The second-order valence-electron chi connectivity index (χ2n) is 7.94. The Bertz CT molecular complexity index is 385. The van der Waals surface area contributed by atoms with Crippen LogP contribution in [0.5, 0.6) is 0 Å². The lowest BCUT2D eigenvalue weighted by molar-refractivity contribution is -0.926. The van der Waals surface area contributed by atoms with Crippen LogP contribution in [0.3, 0.4) is 0 Å². The minimum Gasteiger partial charge on any atom is -1.00 e. The van der Waals surface area contributed by atoms with Gasteiger partial charge in [-0.2, -0.15) is 0 Å². The van der Waals surface area contributed by atoms with Crippen LogP contribution in [0.4, 0.5) is 0 Å². The van der Waals surface area contributed by atoms with Crippen LogP contribution in [0, 0.1) is 0 Å². The first-order valence-electron chi connectivity index (χ1n) is 11.1. The molecule has 0 aliphatic heterocycles. The van der Waals surface area contributed by atoms with Gasteiger partial charge in [-0.25, -0.2) is 8.42 Å². The number of hydrogen-bond donors (Lipinski definition) is 0. The van der Waals surface area contributed by atoms with E-state index in [1.165, 1.54) is 103 Å². The molecule has 0 spiro atoms. The van der Waals surface area contributed by atoms with Crippen molar-refractivity contribution in [2.24, 2.45) is 0 Å². The van der Waals surface area contributed by atoms with E-state index in [0.29, 0.717) is 0 Å². The lowest BCUT2D eigenvalue weighted by Gasteiger charge is -2.39. The van der Waals surface area contributed by atoms with Crippen molar-refractivity contribution in [3.63, 3.8) is 0 Å². The molecule has 0 atom stereocenters. The van der Waals surface area contributed by atoms with E-state index in [9.17, 15) is 8.42 Å². The quantitative estimate of drug-likeness (QED) is 0.159. The van der Waals surface area contributed by atoms with E-state index >= 15 is 0 Å². The molecule has 0 aromatic rings. The molecular formula is C21H46BrNO2S2. The van der Waals surface area contributed by atoms with Crippen LogP contribution in [-0.2, 0) is 8.87 Å². The lowest BCUT2D eigenvalue weighted by Crippen LogP contribution is -3.00. The van der Waals surface area contributed by atoms with Gasteiger partial charge in [0.2, 0.25) is 0 Å². The van der Waals surface area contributed by atoms with Crippen molar-refractivity contribution in [3.8, 4) is 0 Å². The van der Waals surface area contributed by atoms with Crippen molar-refractivity contribution in [2.75, 3.05) is 38.2 Å². The van der Waals surface area contributed by atoms with Crippen LogP contribution in [0.25, 0.3) is 0 Å². The van der Waals surface area contributed by atoms with E-state index in [0.717, 1.165) is 27.6 Å². The molecule has 0 aliphatic carbocycles. The lowest BCUT2D eigenvalue weighted by atomic mass is 10.1. The van der Waals surface area contributed by atoms with Crippen LogP contribution >= 0.6 is 10.8 Å². The second-order valence-corrected chi connectivity index (χ2v) is 12.5. The number of halogens is 1. The zero-order valence-corrected chi connectivity index (χ0v) is 21.7. The fraction of sp³-hybridized carbons (Fsp3) is 1.00. The van der Waals surface area contributed by atoms with E-state index in [1.54, 1.807) is 0 Å². The van der Waals surface area contributed by atoms with Gasteiger partial charge in [0.15, 0.2) is 8.87 Å². The van der Waals surface area contributed by atoms with E-state index in [2.05, 4.69) is 20.8 Å². The summed E-state index contributed by atoms with van der Waals surface area (Å²) in [5.41, 5.74) is 0. The molecule has 27 heavy (non-hydrogen) atoms. The normalized spacial score (nSPS) is 12.1. The minimum atomic E-state index is -2.93. The van der Waals surface area contributed by atoms with Gasteiger partial charge in [-0.1, -0.05) is 59.3 Å². The third-order valence-corrected chi connectivity index (χ3v) is 7.88. The van der Waals surface area contributed by atoms with Crippen molar-refractivity contribution < 1.29 is 29.9 Å². The molecule has 166 valence electrons. The maximum Gasteiger partial charge on any atom is 0.198 e. The first-order chi connectivity index (χ1) is 12.4. The highest BCUT2D eigenvalue weighted by Crippen LogP contribution is 2.20. The smallest absolute Gasteiger partial charge is 0.198 e.